The van der Waals surface area contributed by atoms with Gasteiger partial charge in [-0.2, -0.15) is 0 Å². The molecule has 1 N–H and O–H groups in total. The molecule has 0 aromatic heterocycles. The summed E-state index contributed by atoms with van der Waals surface area (Å²) in [6.07, 6.45) is 8.35. The van der Waals surface area contributed by atoms with Crippen LogP contribution in [0, 0.1) is 5.92 Å². The number of benzene rings is 1. The maximum Gasteiger partial charge on any atom is 0.227 e. The Morgan fingerprint density at radius 1 is 1.05 bits per heavy atom. The SMILES string of the molecule is O=C(Nc1cccc(N2CCCC2)c1)C1CCCCC1. The largest absolute Gasteiger partial charge is 0.371 e. The van der Waals surface area contributed by atoms with Crippen LogP contribution in [-0.2, 0) is 4.79 Å². The summed E-state index contributed by atoms with van der Waals surface area (Å²) in [6, 6.07) is 8.30. The van der Waals surface area contributed by atoms with Crippen LogP contribution >= 0.6 is 0 Å². The van der Waals surface area contributed by atoms with Gasteiger partial charge in [-0.15, -0.1) is 0 Å². The first-order chi connectivity index (χ1) is 9.83. The number of rotatable bonds is 3. The van der Waals surface area contributed by atoms with E-state index in [9.17, 15) is 4.79 Å². The zero-order chi connectivity index (χ0) is 13.8. The molecule has 0 radical (unpaired) electrons. The molecule has 3 rings (SSSR count). The van der Waals surface area contributed by atoms with Crippen LogP contribution in [0.25, 0.3) is 0 Å². The van der Waals surface area contributed by atoms with E-state index in [4.69, 9.17) is 0 Å². The molecule has 2 aliphatic rings. The lowest BCUT2D eigenvalue weighted by atomic mass is 9.88. The highest BCUT2D eigenvalue weighted by molar-refractivity contribution is 5.93. The van der Waals surface area contributed by atoms with Gasteiger partial charge in [-0.25, -0.2) is 0 Å². The lowest BCUT2D eigenvalue weighted by molar-refractivity contribution is -0.120. The maximum atomic E-state index is 12.3. The molecule has 0 atom stereocenters. The third-order valence-corrected chi connectivity index (χ3v) is 4.56. The van der Waals surface area contributed by atoms with E-state index in [0.29, 0.717) is 0 Å². The van der Waals surface area contributed by atoms with E-state index in [0.717, 1.165) is 31.6 Å². The van der Waals surface area contributed by atoms with Gasteiger partial charge in [0.15, 0.2) is 0 Å². The first-order valence-corrected chi connectivity index (χ1v) is 7.99. The Labute approximate surface area is 121 Å². The lowest BCUT2D eigenvalue weighted by Crippen LogP contribution is -2.25. The number of anilines is 2. The molecule has 1 aromatic carbocycles. The van der Waals surface area contributed by atoms with Crippen LogP contribution < -0.4 is 10.2 Å². The van der Waals surface area contributed by atoms with Gasteiger partial charge in [0.25, 0.3) is 0 Å². The molecular formula is C17H24N2O. The molecule has 0 bridgehead atoms. The molecule has 1 aliphatic heterocycles. The second-order valence-electron chi connectivity index (χ2n) is 6.07. The molecule has 2 fully saturated rings. The summed E-state index contributed by atoms with van der Waals surface area (Å²) in [6.45, 7) is 2.28. The van der Waals surface area contributed by atoms with Crippen LogP contribution in [0.5, 0.6) is 0 Å². The Morgan fingerprint density at radius 2 is 1.80 bits per heavy atom. The molecule has 108 valence electrons. The molecule has 1 saturated heterocycles. The highest BCUT2D eigenvalue weighted by atomic mass is 16.1. The number of hydrogen-bond donors (Lipinski definition) is 1. The maximum absolute atomic E-state index is 12.3. The van der Waals surface area contributed by atoms with E-state index >= 15 is 0 Å². The van der Waals surface area contributed by atoms with E-state index in [-0.39, 0.29) is 11.8 Å². The molecule has 3 heteroatoms. The molecule has 1 heterocycles. The van der Waals surface area contributed by atoms with Crippen LogP contribution in [0.1, 0.15) is 44.9 Å². The highest BCUT2D eigenvalue weighted by Crippen LogP contribution is 2.27. The van der Waals surface area contributed by atoms with Crippen molar-refractivity contribution in [3.05, 3.63) is 24.3 Å². The van der Waals surface area contributed by atoms with E-state index in [1.54, 1.807) is 0 Å². The average Bonchev–Trinajstić information content (AvgIpc) is 3.03. The fourth-order valence-electron chi connectivity index (χ4n) is 3.36. The summed E-state index contributed by atoms with van der Waals surface area (Å²) < 4.78 is 0. The number of hydrogen-bond acceptors (Lipinski definition) is 2. The van der Waals surface area contributed by atoms with Crippen LogP contribution in [0.4, 0.5) is 11.4 Å². The minimum Gasteiger partial charge on any atom is -0.371 e. The van der Waals surface area contributed by atoms with Crippen LogP contribution in [-0.4, -0.2) is 19.0 Å². The molecule has 1 amide bonds. The third-order valence-electron chi connectivity index (χ3n) is 4.56. The molecular weight excluding hydrogens is 248 g/mol. The second kappa shape index (κ2) is 6.29. The monoisotopic (exact) mass is 272 g/mol. The normalized spacial score (nSPS) is 20.1. The minimum absolute atomic E-state index is 0.211. The quantitative estimate of drug-likeness (QED) is 0.907. The minimum atomic E-state index is 0.211. The van der Waals surface area contributed by atoms with Crippen molar-refractivity contribution >= 4 is 17.3 Å². The van der Waals surface area contributed by atoms with Gasteiger partial charge in [0.2, 0.25) is 5.91 Å². The molecule has 3 nitrogen and oxygen atoms in total. The molecule has 0 spiro atoms. The predicted molar refractivity (Wildman–Crippen MR) is 83.1 cm³/mol. The Morgan fingerprint density at radius 3 is 2.55 bits per heavy atom. The Bertz CT molecular complexity index is 460. The summed E-state index contributed by atoms with van der Waals surface area (Å²) in [5, 5.41) is 3.11. The van der Waals surface area contributed by atoms with Crippen molar-refractivity contribution in [2.75, 3.05) is 23.3 Å². The fraction of sp³-hybridized carbons (Fsp3) is 0.588. The van der Waals surface area contributed by atoms with Gasteiger partial charge >= 0.3 is 0 Å². The van der Waals surface area contributed by atoms with E-state index in [2.05, 4.69) is 22.3 Å². The predicted octanol–water partition coefficient (Wildman–Crippen LogP) is 3.81. The molecule has 0 unspecified atom stereocenters. The second-order valence-corrected chi connectivity index (χ2v) is 6.07. The van der Waals surface area contributed by atoms with Crippen molar-refractivity contribution in [1.29, 1.82) is 0 Å². The van der Waals surface area contributed by atoms with Crippen molar-refractivity contribution < 1.29 is 4.79 Å². The van der Waals surface area contributed by atoms with E-state index in [1.165, 1.54) is 37.8 Å². The van der Waals surface area contributed by atoms with Crippen molar-refractivity contribution in [3.63, 3.8) is 0 Å². The Kier molecular flexibility index (Phi) is 4.24. The Hall–Kier alpha value is -1.51. The summed E-state index contributed by atoms with van der Waals surface area (Å²) in [7, 11) is 0. The molecule has 1 aliphatic carbocycles. The topological polar surface area (TPSA) is 32.3 Å². The fourth-order valence-corrected chi connectivity index (χ4v) is 3.36. The van der Waals surface area contributed by atoms with Crippen molar-refractivity contribution in [2.45, 2.75) is 44.9 Å². The number of carbonyl (C=O) groups is 1. The molecule has 20 heavy (non-hydrogen) atoms. The van der Waals surface area contributed by atoms with Gasteiger partial charge in [-0.1, -0.05) is 25.3 Å². The van der Waals surface area contributed by atoms with Gasteiger partial charge in [0, 0.05) is 30.4 Å². The lowest BCUT2D eigenvalue weighted by Gasteiger charge is -2.22. The Balaban J connectivity index is 1.64. The van der Waals surface area contributed by atoms with E-state index < -0.39 is 0 Å². The third kappa shape index (κ3) is 3.14. The van der Waals surface area contributed by atoms with Crippen LogP contribution in [0.15, 0.2) is 24.3 Å². The summed E-state index contributed by atoms with van der Waals surface area (Å²) in [5.74, 6) is 0.433. The first kappa shape index (κ1) is 13.5. The van der Waals surface area contributed by atoms with Gasteiger partial charge in [-0.05, 0) is 43.9 Å². The van der Waals surface area contributed by atoms with Crippen molar-refractivity contribution in [3.8, 4) is 0 Å². The summed E-state index contributed by atoms with van der Waals surface area (Å²) >= 11 is 0. The smallest absolute Gasteiger partial charge is 0.227 e. The highest BCUT2D eigenvalue weighted by Gasteiger charge is 2.21. The number of nitrogens with one attached hydrogen (secondary N) is 1. The van der Waals surface area contributed by atoms with Gasteiger partial charge in [-0.3, -0.25) is 4.79 Å². The van der Waals surface area contributed by atoms with Crippen LogP contribution in [0.3, 0.4) is 0 Å². The number of amides is 1. The van der Waals surface area contributed by atoms with Crippen LogP contribution in [0.2, 0.25) is 0 Å². The van der Waals surface area contributed by atoms with Gasteiger partial charge in [0.1, 0.15) is 0 Å². The van der Waals surface area contributed by atoms with Gasteiger partial charge < -0.3 is 10.2 Å². The molecule has 1 saturated carbocycles. The summed E-state index contributed by atoms with van der Waals surface area (Å²) in [4.78, 5) is 14.7. The number of carbonyl (C=O) groups excluding carboxylic acids is 1. The average molecular weight is 272 g/mol. The molecule has 1 aromatic rings. The summed E-state index contributed by atoms with van der Waals surface area (Å²) in [5.41, 5.74) is 2.19. The van der Waals surface area contributed by atoms with Crippen molar-refractivity contribution in [1.82, 2.24) is 0 Å². The van der Waals surface area contributed by atoms with Crippen molar-refractivity contribution in [2.24, 2.45) is 5.92 Å². The standard InChI is InChI=1S/C17H24N2O/c20-17(14-7-2-1-3-8-14)18-15-9-6-10-16(13-15)19-11-4-5-12-19/h6,9-10,13-14H,1-5,7-8,11-12H2,(H,18,20). The van der Waals surface area contributed by atoms with E-state index in [1.807, 2.05) is 12.1 Å². The van der Waals surface area contributed by atoms with Gasteiger partial charge in [0.05, 0.1) is 0 Å². The zero-order valence-electron chi connectivity index (χ0n) is 12.1. The zero-order valence-corrected chi connectivity index (χ0v) is 12.1. The number of nitrogens with zero attached hydrogens (tertiary/aromatic N) is 1. The first-order valence-electron chi connectivity index (χ1n) is 7.99.